The molecule has 0 aromatic heterocycles. The van der Waals surface area contributed by atoms with Gasteiger partial charge in [0.2, 0.25) is 5.91 Å². The van der Waals surface area contributed by atoms with Crippen molar-refractivity contribution in [2.75, 3.05) is 5.75 Å². The van der Waals surface area contributed by atoms with Gasteiger partial charge in [0.25, 0.3) is 0 Å². The van der Waals surface area contributed by atoms with E-state index in [1.165, 1.54) is 12.1 Å². The molecule has 2 aromatic carbocycles. The number of nitriles is 1. The molecule has 5 heteroatoms. The molecule has 1 heterocycles. The fraction of sp³-hybridized carbons (Fsp3) is 0.176. The van der Waals surface area contributed by atoms with Gasteiger partial charge in [0, 0.05) is 6.54 Å². The summed E-state index contributed by atoms with van der Waals surface area (Å²) >= 11 is 1.55. The van der Waals surface area contributed by atoms with Crippen LogP contribution < -0.4 is 0 Å². The molecule has 1 fully saturated rings. The minimum Gasteiger partial charge on any atom is -0.322 e. The maximum atomic E-state index is 13.3. The quantitative estimate of drug-likeness (QED) is 0.871. The van der Waals surface area contributed by atoms with Crippen molar-refractivity contribution in [1.29, 1.82) is 5.26 Å². The van der Waals surface area contributed by atoms with Crippen LogP contribution in [0.5, 0.6) is 0 Å². The lowest BCUT2D eigenvalue weighted by molar-refractivity contribution is -0.128. The summed E-state index contributed by atoms with van der Waals surface area (Å²) < 4.78 is 13.3. The van der Waals surface area contributed by atoms with Crippen LogP contribution in [0.4, 0.5) is 4.39 Å². The molecule has 1 amide bonds. The number of hydrogen-bond acceptors (Lipinski definition) is 3. The smallest absolute Gasteiger partial charge is 0.234 e. The highest BCUT2D eigenvalue weighted by Gasteiger charge is 2.32. The van der Waals surface area contributed by atoms with Crippen LogP contribution in [0.3, 0.4) is 0 Å². The molecule has 110 valence electrons. The Bertz CT molecular complexity index is 739. The van der Waals surface area contributed by atoms with Crippen LogP contribution in [-0.4, -0.2) is 16.6 Å². The predicted octanol–water partition coefficient (Wildman–Crippen LogP) is 3.47. The molecule has 2 aromatic rings. The molecule has 0 aliphatic carbocycles. The van der Waals surface area contributed by atoms with E-state index in [0.717, 1.165) is 11.1 Å². The van der Waals surface area contributed by atoms with E-state index < -0.39 is 0 Å². The van der Waals surface area contributed by atoms with Gasteiger partial charge in [-0.15, -0.1) is 11.8 Å². The summed E-state index contributed by atoms with van der Waals surface area (Å²) in [5.41, 5.74) is 2.34. The lowest BCUT2D eigenvalue weighted by Crippen LogP contribution is -2.27. The number of nitrogens with zero attached hydrogens (tertiary/aromatic N) is 2. The Balaban J connectivity index is 1.84. The molecule has 0 saturated carbocycles. The van der Waals surface area contributed by atoms with Crippen LogP contribution in [0, 0.1) is 17.1 Å². The topological polar surface area (TPSA) is 44.1 Å². The fourth-order valence-electron chi connectivity index (χ4n) is 2.46. The third-order valence-corrected chi connectivity index (χ3v) is 4.79. The highest BCUT2D eigenvalue weighted by molar-refractivity contribution is 8.00. The average molecular weight is 312 g/mol. The molecule has 1 saturated heterocycles. The molecule has 1 atom stereocenters. The summed E-state index contributed by atoms with van der Waals surface area (Å²) in [6, 6.07) is 15.6. The summed E-state index contributed by atoms with van der Waals surface area (Å²) in [5.74, 6) is 0.162. The van der Waals surface area contributed by atoms with Gasteiger partial charge in [-0.05, 0) is 35.4 Å². The van der Waals surface area contributed by atoms with Gasteiger partial charge >= 0.3 is 0 Å². The standard InChI is InChI=1S/C17H13FN2OS/c18-15-3-1-2-13(8-15)10-20-16(21)11-22-17(20)14-6-4-12(9-19)5-7-14/h1-8,17H,10-11H2. The molecular weight excluding hydrogens is 299 g/mol. The van der Waals surface area contributed by atoms with E-state index in [2.05, 4.69) is 6.07 Å². The normalized spacial score (nSPS) is 17.5. The fourth-order valence-corrected chi connectivity index (χ4v) is 3.64. The van der Waals surface area contributed by atoms with Crippen LogP contribution in [0.25, 0.3) is 0 Å². The number of thioether (sulfide) groups is 1. The molecule has 1 aliphatic heterocycles. The van der Waals surface area contributed by atoms with Gasteiger partial charge in [0.15, 0.2) is 0 Å². The number of hydrogen-bond donors (Lipinski definition) is 0. The van der Waals surface area contributed by atoms with Gasteiger partial charge in [0.05, 0.1) is 17.4 Å². The second-order valence-corrected chi connectivity index (χ2v) is 6.12. The van der Waals surface area contributed by atoms with E-state index in [0.29, 0.717) is 17.9 Å². The zero-order valence-corrected chi connectivity index (χ0v) is 12.5. The van der Waals surface area contributed by atoms with Crippen molar-refractivity contribution >= 4 is 17.7 Å². The van der Waals surface area contributed by atoms with Gasteiger partial charge in [-0.25, -0.2) is 4.39 Å². The second kappa shape index (κ2) is 6.20. The molecule has 0 bridgehead atoms. The Kier molecular flexibility index (Phi) is 4.12. The summed E-state index contributed by atoms with van der Waals surface area (Å²) in [5, 5.41) is 8.76. The van der Waals surface area contributed by atoms with E-state index in [-0.39, 0.29) is 17.1 Å². The Hall–Kier alpha value is -2.32. The minimum atomic E-state index is -0.299. The van der Waals surface area contributed by atoms with Crippen LogP contribution in [0.1, 0.15) is 22.1 Å². The van der Waals surface area contributed by atoms with Gasteiger partial charge in [-0.2, -0.15) is 5.26 Å². The highest BCUT2D eigenvalue weighted by atomic mass is 32.2. The number of carbonyl (C=O) groups is 1. The summed E-state index contributed by atoms with van der Waals surface area (Å²) in [6.45, 7) is 0.383. The van der Waals surface area contributed by atoms with Crippen molar-refractivity contribution in [1.82, 2.24) is 4.90 Å². The van der Waals surface area contributed by atoms with Crippen molar-refractivity contribution in [2.45, 2.75) is 11.9 Å². The molecule has 3 rings (SSSR count). The van der Waals surface area contributed by atoms with Crippen molar-refractivity contribution in [2.24, 2.45) is 0 Å². The second-order valence-electron chi connectivity index (χ2n) is 5.05. The third-order valence-electron chi connectivity index (χ3n) is 3.53. The number of rotatable bonds is 3. The summed E-state index contributed by atoms with van der Waals surface area (Å²) in [4.78, 5) is 13.9. The van der Waals surface area contributed by atoms with Crippen LogP contribution in [0.15, 0.2) is 48.5 Å². The van der Waals surface area contributed by atoms with Crippen molar-refractivity contribution in [3.8, 4) is 6.07 Å². The summed E-state index contributed by atoms with van der Waals surface area (Å²) in [7, 11) is 0. The Morgan fingerprint density at radius 1 is 1.27 bits per heavy atom. The maximum absolute atomic E-state index is 13.3. The largest absolute Gasteiger partial charge is 0.322 e. The average Bonchev–Trinajstić information content (AvgIpc) is 2.89. The van der Waals surface area contributed by atoms with E-state index in [9.17, 15) is 9.18 Å². The van der Waals surface area contributed by atoms with Gasteiger partial charge < -0.3 is 4.90 Å². The number of amides is 1. The Morgan fingerprint density at radius 3 is 2.73 bits per heavy atom. The predicted molar refractivity (Wildman–Crippen MR) is 83.3 cm³/mol. The first-order chi connectivity index (χ1) is 10.7. The van der Waals surface area contributed by atoms with Crippen molar-refractivity contribution in [3.63, 3.8) is 0 Å². The van der Waals surface area contributed by atoms with E-state index >= 15 is 0 Å². The first-order valence-electron chi connectivity index (χ1n) is 6.83. The van der Waals surface area contributed by atoms with E-state index in [4.69, 9.17) is 5.26 Å². The lowest BCUT2D eigenvalue weighted by atomic mass is 10.1. The zero-order valence-electron chi connectivity index (χ0n) is 11.7. The minimum absolute atomic E-state index is 0.0450. The molecule has 0 spiro atoms. The maximum Gasteiger partial charge on any atom is 0.234 e. The van der Waals surface area contributed by atoms with E-state index in [1.54, 1.807) is 34.9 Å². The zero-order chi connectivity index (χ0) is 15.5. The van der Waals surface area contributed by atoms with Crippen molar-refractivity contribution in [3.05, 3.63) is 71.0 Å². The first-order valence-corrected chi connectivity index (χ1v) is 7.88. The Morgan fingerprint density at radius 2 is 2.05 bits per heavy atom. The molecule has 22 heavy (non-hydrogen) atoms. The van der Waals surface area contributed by atoms with Gasteiger partial charge in [0.1, 0.15) is 11.2 Å². The number of halogens is 1. The third kappa shape index (κ3) is 2.97. The molecule has 0 N–H and O–H groups in total. The molecular formula is C17H13FN2OS. The molecule has 0 radical (unpaired) electrons. The lowest BCUT2D eigenvalue weighted by Gasteiger charge is -2.24. The van der Waals surface area contributed by atoms with E-state index in [1.807, 2.05) is 18.2 Å². The Labute approximate surface area is 132 Å². The number of benzene rings is 2. The molecule has 3 nitrogen and oxygen atoms in total. The SMILES string of the molecule is N#Cc1ccc(C2SCC(=O)N2Cc2cccc(F)c2)cc1. The van der Waals surface area contributed by atoms with Crippen LogP contribution >= 0.6 is 11.8 Å². The molecule has 1 aliphatic rings. The van der Waals surface area contributed by atoms with Crippen LogP contribution in [-0.2, 0) is 11.3 Å². The molecule has 1 unspecified atom stereocenters. The number of carbonyl (C=O) groups excluding carboxylic acids is 1. The highest BCUT2D eigenvalue weighted by Crippen LogP contribution is 2.39. The van der Waals surface area contributed by atoms with Gasteiger partial charge in [-0.1, -0.05) is 24.3 Å². The summed E-state index contributed by atoms with van der Waals surface area (Å²) in [6.07, 6.45) is 0. The monoisotopic (exact) mass is 312 g/mol. The first kappa shape index (κ1) is 14.6. The van der Waals surface area contributed by atoms with Crippen LogP contribution in [0.2, 0.25) is 0 Å². The van der Waals surface area contributed by atoms with Crippen molar-refractivity contribution < 1.29 is 9.18 Å². The van der Waals surface area contributed by atoms with Gasteiger partial charge in [-0.3, -0.25) is 4.79 Å².